The van der Waals surface area contributed by atoms with Crippen molar-refractivity contribution < 1.29 is 17.9 Å². The van der Waals surface area contributed by atoms with Crippen LogP contribution in [0.3, 0.4) is 0 Å². The van der Waals surface area contributed by atoms with Crippen molar-refractivity contribution in [2.24, 2.45) is 0 Å². The zero-order chi connectivity index (χ0) is 20.1. The number of halogens is 1. The highest BCUT2D eigenvalue weighted by Crippen LogP contribution is 2.29. The third kappa shape index (κ3) is 5.11. The number of hydrogen-bond acceptors (Lipinski definition) is 5. The van der Waals surface area contributed by atoms with Gasteiger partial charge in [-0.25, -0.2) is 8.42 Å². The van der Waals surface area contributed by atoms with Crippen molar-refractivity contribution in [3.05, 3.63) is 71.1 Å². The van der Waals surface area contributed by atoms with Crippen LogP contribution >= 0.6 is 22.9 Å². The summed E-state index contributed by atoms with van der Waals surface area (Å²) in [6, 6.07) is 15.9. The summed E-state index contributed by atoms with van der Waals surface area (Å²) in [5, 5.41) is 4.82. The maximum Gasteiger partial charge on any atom is 0.250 e. The third-order valence-corrected chi connectivity index (χ3v) is 6.92. The Morgan fingerprint density at radius 1 is 1.07 bits per heavy atom. The van der Waals surface area contributed by atoms with Crippen molar-refractivity contribution >= 4 is 44.6 Å². The van der Waals surface area contributed by atoms with E-state index in [1.165, 1.54) is 13.0 Å². The molecule has 0 bridgehead atoms. The largest absolute Gasteiger partial charge is 0.456 e. The lowest BCUT2D eigenvalue weighted by molar-refractivity contribution is -0.117. The summed E-state index contributed by atoms with van der Waals surface area (Å²) in [6.45, 7) is 1.48. The van der Waals surface area contributed by atoms with E-state index in [0.717, 1.165) is 11.3 Å². The number of anilines is 1. The Labute approximate surface area is 172 Å². The summed E-state index contributed by atoms with van der Waals surface area (Å²) in [5.41, 5.74) is 0.513. The quantitative estimate of drug-likeness (QED) is 0.571. The van der Waals surface area contributed by atoms with Crippen LogP contribution in [0.25, 0.3) is 0 Å². The van der Waals surface area contributed by atoms with Crippen molar-refractivity contribution in [1.29, 1.82) is 0 Å². The Morgan fingerprint density at radius 3 is 2.43 bits per heavy atom. The first-order valence-corrected chi connectivity index (χ1v) is 11.0. The van der Waals surface area contributed by atoms with E-state index in [4.69, 9.17) is 16.3 Å². The van der Waals surface area contributed by atoms with Gasteiger partial charge >= 0.3 is 0 Å². The molecule has 0 aliphatic carbocycles. The lowest BCUT2D eigenvalue weighted by Gasteiger charge is -2.14. The van der Waals surface area contributed by atoms with Crippen LogP contribution in [-0.2, 0) is 14.8 Å². The molecule has 28 heavy (non-hydrogen) atoms. The second-order valence-electron chi connectivity index (χ2n) is 5.82. The van der Waals surface area contributed by atoms with Crippen LogP contribution in [0.1, 0.15) is 6.92 Å². The van der Waals surface area contributed by atoms with Crippen LogP contribution in [0.4, 0.5) is 5.69 Å². The van der Waals surface area contributed by atoms with E-state index in [9.17, 15) is 13.2 Å². The average molecular weight is 437 g/mol. The van der Waals surface area contributed by atoms with Crippen molar-refractivity contribution in [3.8, 4) is 11.5 Å². The monoisotopic (exact) mass is 436 g/mol. The van der Waals surface area contributed by atoms with E-state index < -0.39 is 22.0 Å². The Hall–Kier alpha value is -2.39. The number of carbonyl (C=O) groups excluding carboxylic acids is 1. The molecule has 0 fully saturated rings. The molecule has 0 saturated carbocycles. The molecule has 0 aliphatic heterocycles. The van der Waals surface area contributed by atoms with Crippen LogP contribution in [0.2, 0.25) is 5.02 Å². The number of benzene rings is 2. The topological polar surface area (TPSA) is 84.5 Å². The maximum atomic E-state index is 12.3. The number of hydrogen-bond donors (Lipinski definition) is 2. The van der Waals surface area contributed by atoms with Crippen LogP contribution in [0, 0.1) is 0 Å². The van der Waals surface area contributed by atoms with Gasteiger partial charge in [0.1, 0.15) is 15.7 Å². The Kier molecular flexibility index (Phi) is 6.35. The number of thiophene rings is 1. The van der Waals surface area contributed by atoms with Gasteiger partial charge in [-0.3, -0.25) is 4.79 Å². The molecule has 3 rings (SSSR count). The molecule has 1 heterocycles. The van der Waals surface area contributed by atoms with Gasteiger partial charge in [0.25, 0.3) is 10.0 Å². The summed E-state index contributed by atoms with van der Waals surface area (Å²) < 4.78 is 32.6. The van der Waals surface area contributed by atoms with E-state index >= 15 is 0 Å². The van der Waals surface area contributed by atoms with E-state index in [1.807, 2.05) is 12.1 Å². The Balaban J connectivity index is 1.60. The zero-order valence-corrected chi connectivity index (χ0v) is 17.1. The van der Waals surface area contributed by atoms with Crippen LogP contribution in [-0.4, -0.2) is 20.4 Å². The molecule has 0 aliphatic rings. The molecule has 1 aromatic heterocycles. The van der Waals surface area contributed by atoms with Gasteiger partial charge in [0.15, 0.2) is 0 Å². The van der Waals surface area contributed by atoms with E-state index in [1.54, 1.807) is 47.8 Å². The molecule has 1 unspecified atom stereocenters. The van der Waals surface area contributed by atoms with Gasteiger partial charge in [0, 0.05) is 5.69 Å². The molecule has 3 aromatic rings. The predicted octanol–water partition coefficient (Wildman–Crippen LogP) is 4.50. The number of sulfonamides is 1. The first-order valence-electron chi connectivity index (χ1n) is 8.24. The summed E-state index contributed by atoms with van der Waals surface area (Å²) in [6.07, 6.45) is 0. The molecule has 2 aromatic carbocycles. The molecule has 146 valence electrons. The fraction of sp³-hybridized carbons (Fsp3) is 0.105. The van der Waals surface area contributed by atoms with Crippen LogP contribution in [0.5, 0.6) is 11.5 Å². The molecule has 0 radical (unpaired) electrons. The second kappa shape index (κ2) is 8.74. The lowest BCUT2D eigenvalue weighted by atomic mass is 10.2. The zero-order valence-electron chi connectivity index (χ0n) is 14.8. The van der Waals surface area contributed by atoms with Crippen molar-refractivity contribution in [3.63, 3.8) is 0 Å². The first kappa shape index (κ1) is 20.3. The van der Waals surface area contributed by atoms with E-state index in [-0.39, 0.29) is 4.21 Å². The minimum atomic E-state index is -3.72. The standard InChI is InChI=1S/C19H17ClN2O4S2/c1-13(22-28(24,25)18-7-4-12-27-18)19(23)21-14-8-10-15(11-9-14)26-17-6-3-2-5-16(17)20/h2-13,22H,1H3,(H,21,23). The average Bonchev–Trinajstić information content (AvgIpc) is 3.20. The van der Waals surface area contributed by atoms with Gasteiger partial charge < -0.3 is 10.1 Å². The van der Waals surface area contributed by atoms with E-state index in [2.05, 4.69) is 10.0 Å². The summed E-state index contributed by atoms with van der Waals surface area (Å²) in [4.78, 5) is 12.3. The fourth-order valence-corrected chi connectivity index (χ4v) is 4.66. The predicted molar refractivity (Wildman–Crippen MR) is 111 cm³/mol. The SMILES string of the molecule is CC(NS(=O)(=O)c1cccs1)C(=O)Nc1ccc(Oc2ccccc2Cl)cc1. The number of amides is 1. The molecule has 1 atom stereocenters. The minimum Gasteiger partial charge on any atom is -0.456 e. The highest BCUT2D eigenvalue weighted by Gasteiger charge is 2.22. The van der Waals surface area contributed by atoms with Crippen molar-refractivity contribution in [2.45, 2.75) is 17.2 Å². The highest BCUT2D eigenvalue weighted by molar-refractivity contribution is 7.91. The summed E-state index contributed by atoms with van der Waals surface area (Å²) in [5.74, 6) is 0.606. The van der Waals surface area contributed by atoms with Crippen molar-refractivity contribution in [2.75, 3.05) is 5.32 Å². The smallest absolute Gasteiger partial charge is 0.250 e. The van der Waals surface area contributed by atoms with Crippen LogP contribution < -0.4 is 14.8 Å². The van der Waals surface area contributed by atoms with E-state index in [0.29, 0.717) is 22.2 Å². The molecule has 0 saturated heterocycles. The number of rotatable bonds is 7. The van der Waals surface area contributed by atoms with Gasteiger partial charge in [0.2, 0.25) is 5.91 Å². The third-order valence-electron chi connectivity index (χ3n) is 3.67. The molecule has 0 spiro atoms. The Morgan fingerprint density at radius 2 is 1.79 bits per heavy atom. The first-order chi connectivity index (χ1) is 13.3. The van der Waals surface area contributed by atoms with Gasteiger partial charge in [-0.2, -0.15) is 4.72 Å². The minimum absolute atomic E-state index is 0.160. The molecule has 9 heteroatoms. The van der Waals surface area contributed by atoms with Gasteiger partial charge in [0.05, 0.1) is 11.1 Å². The normalized spacial score (nSPS) is 12.4. The second-order valence-corrected chi connectivity index (χ2v) is 9.12. The van der Waals surface area contributed by atoms with Gasteiger partial charge in [-0.15, -0.1) is 11.3 Å². The molecule has 6 nitrogen and oxygen atoms in total. The number of carbonyl (C=O) groups is 1. The highest BCUT2D eigenvalue weighted by atomic mass is 35.5. The lowest BCUT2D eigenvalue weighted by Crippen LogP contribution is -2.41. The molecular formula is C19H17ClN2O4S2. The number of para-hydroxylation sites is 1. The molecule has 1 amide bonds. The number of nitrogens with one attached hydrogen (secondary N) is 2. The summed E-state index contributed by atoms with van der Waals surface area (Å²) in [7, 11) is -3.72. The molecule has 2 N–H and O–H groups in total. The molecular weight excluding hydrogens is 420 g/mol. The maximum absolute atomic E-state index is 12.3. The van der Waals surface area contributed by atoms with Gasteiger partial charge in [-0.1, -0.05) is 29.8 Å². The van der Waals surface area contributed by atoms with Crippen LogP contribution in [0.15, 0.2) is 70.3 Å². The summed E-state index contributed by atoms with van der Waals surface area (Å²) >= 11 is 7.15. The Bertz CT molecular complexity index is 1050. The van der Waals surface area contributed by atoms with Gasteiger partial charge in [-0.05, 0) is 54.8 Å². The fourth-order valence-electron chi connectivity index (χ4n) is 2.27. The number of ether oxygens (including phenoxy) is 1. The van der Waals surface area contributed by atoms with Crippen molar-refractivity contribution in [1.82, 2.24) is 4.72 Å².